The Labute approximate surface area is 98.9 Å². The number of esters is 1. The van der Waals surface area contributed by atoms with Crippen LogP contribution in [-0.4, -0.2) is 25.3 Å². The van der Waals surface area contributed by atoms with Crippen LogP contribution in [0.3, 0.4) is 0 Å². The molecule has 5 nitrogen and oxygen atoms in total. The zero-order chi connectivity index (χ0) is 12.4. The number of hydrogen-bond donors (Lipinski definition) is 1. The van der Waals surface area contributed by atoms with Gasteiger partial charge in [-0.25, -0.2) is 4.79 Å². The van der Waals surface area contributed by atoms with Gasteiger partial charge in [0, 0.05) is 5.56 Å². The summed E-state index contributed by atoms with van der Waals surface area (Å²) in [6.07, 6.45) is -1.34. The normalized spacial score (nSPS) is 15.2. The van der Waals surface area contributed by atoms with Gasteiger partial charge < -0.3 is 19.3 Å². The van der Waals surface area contributed by atoms with Gasteiger partial charge in [-0.15, -0.1) is 0 Å². The summed E-state index contributed by atoms with van der Waals surface area (Å²) in [5, 5.41) is 9.96. The van der Waals surface area contributed by atoms with Gasteiger partial charge in [0.1, 0.15) is 5.75 Å². The molecule has 1 N–H and O–H groups in total. The lowest BCUT2D eigenvalue weighted by molar-refractivity contribution is -0.150. The molecule has 0 bridgehead atoms. The predicted molar refractivity (Wildman–Crippen MR) is 58.5 cm³/mol. The lowest BCUT2D eigenvalue weighted by atomic mass is 9.98. The molecule has 0 saturated heterocycles. The Kier molecular flexibility index (Phi) is 3.31. The number of methoxy groups -OCH3 is 2. The van der Waals surface area contributed by atoms with E-state index in [-0.39, 0.29) is 0 Å². The maximum Gasteiger partial charge on any atom is 0.339 e. The molecule has 1 unspecified atom stereocenters. The number of carbonyl (C=O) groups is 1. The van der Waals surface area contributed by atoms with Gasteiger partial charge in [0.2, 0.25) is 0 Å². The Morgan fingerprint density at radius 1 is 1.41 bits per heavy atom. The van der Waals surface area contributed by atoms with Crippen molar-refractivity contribution in [1.29, 1.82) is 0 Å². The van der Waals surface area contributed by atoms with Crippen molar-refractivity contribution in [3.8, 4) is 5.75 Å². The summed E-state index contributed by atoms with van der Waals surface area (Å²) in [6, 6.07) is 3.59. The third-order valence-corrected chi connectivity index (χ3v) is 2.84. The van der Waals surface area contributed by atoms with E-state index in [0.717, 1.165) is 11.1 Å². The minimum absolute atomic E-state index is 0.371. The Morgan fingerprint density at radius 2 is 2.18 bits per heavy atom. The fraction of sp³-hybridized carbons (Fsp3) is 0.417. The quantitative estimate of drug-likeness (QED) is 0.794. The summed E-state index contributed by atoms with van der Waals surface area (Å²) < 4.78 is 15.0. The fourth-order valence-electron chi connectivity index (χ4n) is 1.96. The number of aliphatic hydroxyl groups excluding tert-OH is 1. The number of fused-ring (bicyclic) bond motifs is 1. The molecule has 1 atom stereocenters. The zero-order valence-electron chi connectivity index (χ0n) is 9.73. The van der Waals surface area contributed by atoms with E-state index in [1.165, 1.54) is 14.2 Å². The molecule has 0 aromatic heterocycles. The highest BCUT2D eigenvalue weighted by Gasteiger charge is 2.28. The summed E-state index contributed by atoms with van der Waals surface area (Å²) in [4.78, 5) is 11.4. The first-order valence-electron chi connectivity index (χ1n) is 5.21. The smallest absolute Gasteiger partial charge is 0.339 e. The van der Waals surface area contributed by atoms with E-state index in [1.807, 2.05) is 6.07 Å². The molecule has 1 heterocycles. The van der Waals surface area contributed by atoms with E-state index in [4.69, 9.17) is 9.47 Å². The summed E-state index contributed by atoms with van der Waals surface area (Å²) >= 11 is 0. The molecule has 1 aromatic rings. The van der Waals surface area contributed by atoms with Crippen molar-refractivity contribution in [2.75, 3.05) is 14.2 Å². The van der Waals surface area contributed by atoms with Gasteiger partial charge in [-0.3, -0.25) is 0 Å². The highest BCUT2D eigenvalue weighted by molar-refractivity contribution is 5.78. The van der Waals surface area contributed by atoms with E-state index < -0.39 is 12.1 Å². The first-order chi connectivity index (χ1) is 8.19. The number of ether oxygens (including phenoxy) is 3. The molecule has 0 radical (unpaired) electrons. The van der Waals surface area contributed by atoms with Crippen LogP contribution >= 0.6 is 0 Å². The number of rotatable bonds is 3. The van der Waals surface area contributed by atoms with Crippen LogP contribution in [-0.2, 0) is 27.5 Å². The van der Waals surface area contributed by atoms with Crippen LogP contribution in [0.4, 0.5) is 0 Å². The Hall–Kier alpha value is -1.59. The van der Waals surface area contributed by atoms with Crippen molar-refractivity contribution >= 4 is 5.97 Å². The van der Waals surface area contributed by atoms with E-state index in [1.54, 1.807) is 6.07 Å². The second-order valence-corrected chi connectivity index (χ2v) is 3.74. The van der Waals surface area contributed by atoms with E-state index in [9.17, 15) is 9.90 Å². The van der Waals surface area contributed by atoms with Gasteiger partial charge in [-0.05, 0) is 17.2 Å². The molecule has 92 valence electrons. The molecule has 1 aromatic carbocycles. The first kappa shape index (κ1) is 11.9. The molecule has 0 spiro atoms. The molecule has 1 aliphatic rings. The van der Waals surface area contributed by atoms with Crippen LogP contribution in [0.5, 0.6) is 5.75 Å². The van der Waals surface area contributed by atoms with Crippen molar-refractivity contribution in [1.82, 2.24) is 0 Å². The number of carbonyl (C=O) groups excluding carboxylic acids is 1. The van der Waals surface area contributed by atoms with Crippen LogP contribution in [0.15, 0.2) is 12.1 Å². The second-order valence-electron chi connectivity index (χ2n) is 3.74. The first-order valence-corrected chi connectivity index (χ1v) is 5.21. The molecule has 5 heteroatoms. The summed E-state index contributed by atoms with van der Waals surface area (Å²) in [5.74, 6) is -0.240. The Morgan fingerprint density at radius 3 is 2.82 bits per heavy atom. The highest BCUT2D eigenvalue weighted by atomic mass is 16.5. The average Bonchev–Trinajstić information content (AvgIpc) is 2.83. The average molecular weight is 238 g/mol. The van der Waals surface area contributed by atoms with Gasteiger partial charge in [-0.2, -0.15) is 0 Å². The summed E-state index contributed by atoms with van der Waals surface area (Å²) in [5.41, 5.74) is 2.21. The zero-order valence-corrected chi connectivity index (χ0v) is 9.73. The molecule has 1 aliphatic heterocycles. The van der Waals surface area contributed by atoms with Crippen LogP contribution in [0.25, 0.3) is 0 Å². The van der Waals surface area contributed by atoms with Crippen molar-refractivity contribution < 1.29 is 24.1 Å². The minimum Gasteiger partial charge on any atom is -0.496 e. The molecular weight excluding hydrogens is 224 g/mol. The van der Waals surface area contributed by atoms with Gasteiger partial charge >= 0.3 is 5.97 Å². The number of benzene rings is 1. The minimum atomic E-state index is -1.34. The van der Waals surface area contributed by atoms with E-state index in [2.05, 4.69) is 4.74 Å². The molecule has 0 aliphatic carbocycles. The SMILES string of the molecule is COC(=O)C(O)c1c(OC)ccc2c1COC2. The topological polar surface area (TPSA) is 65.0 Å². The van der Waals surface area contributed by atoms with Gasteiger partial charge in [-0.1, -0.05) is 6.07 Å². The van der Waals surface area contributed by atoms with Gasteiger partial charge in [0.05, 0.1) is 27.4 Å². The molecule has 2 rings (SSSR count). The van der Waals surface area contributed by atoms with Crippen molar-refractivity contribution in [3.05, 3.63) is 28.8 Å². The number of hydrogen-bond acceptors (Lipinski definition) is 5. The van der Waals surface area contributed by atoms with Crippen LogP contribution in [0.1, 0.15) is 22.8 Å². The fourth-order valence-corrected chi connectivity index (χ4v) is 1.96. The summed E-state index contributed by atoms with van der Waals surface area (Å²) in [6.45, 7) is 0.857. The lowest BCUT2D eigenvalue weighted by Gasteiger charge is -2.16. The standard InChI is InChI=1S/C12H14O5/c1-15-9-4-3-7-5-17-6-8(7)10(9)11(13)12(14)16-2/h3-4,11,13H,5-6H2,1-2H3. The third-order valence-electron chi connectivity index (χ3n) is 2.84. The maximum absolute atomic E-state index is 11.4. The van der Waals surface area contributed by atoms with Crippen LogP contribution < -0.4 is 4.74 Å². The number of aliphatic hydroxyl groups is 1. The van der Waals surface area contributed by atoms with Crippen LogP contribution in [0.2, 0.25) is 0 Å². The summed E-state index contributed by atoms with van der Waals surface area (Å²) in [7, 11) is 2.72. The van der Waals surface area contributed by atoms with Crippen molar-refractivity contribution in [2.24, 2.45) is 0 Å². The molecular formula is C12H14O5. The van der Waals surface area contributed by atoms with Crippen molar-refractivity contribution in [2.45, 2.75) is 19.3 Å². The largest absolute Gasteiger partial charge is 0.496 e. The lowest BCUT2D eigenvalue weighted by Crippen LogP contribution is -2.16. The Bertz CT molecular complexity index is 441. The Balaban J connectivity index is 2.50. The molecule has 0 fully saturated rings. The second kappa shape index (κ2) is 4.73. The maximum atomic E-state index is 11.4. The third kappa shape index (κ3) is 1.99. The molecule has 0 amide bonds. The van der Waals surface area contributed by atoms with E-state index >= 15 is 0 Å². The molecule has 0 saturated carbocycles. The van der Waals surface area contributed by atoms with E-state index in [0.29, 0.717) is 24.5 Å². The monoisotopic (exact) mass is 238 g/mol. The highest BCUT2D eigenvalue weighted by Crippen LogP contribution is 2.35. The van der Waals surface area contributed by atoms with Crippen molar-refractivity contribution in [3.63, 3.8) is 0 Å². The van der Waals surface area contributed by atoms with Crippen LogP contribution in [0, 0.1) is 0 Å². The van der Waals surface area contributed by atoms with Gasteiger partial charge in [0.25, 0.3) is 0 Å². The van der Waals surface area contributed by atoms with Gasteiger partial charge in [0.15, 0.2) is 6.10 Å². The predicted octanol–water partition coefficient (Wildman–Crippen LogP) is 0.932. The molecule has 17 heavy (non-hydrogen) atoms.